The maximum atomic E-state index is 10.9. The number of halogens is 1. The van der Waals surface area contributed by atoms with Crippen molar-refractivity contribution in [2.45, 2.75) is 0 Å². The lowest BCUT2D eigenvalue weighted by atomic mass is 10.1. The summed E-state index contributed by atoms with van der Waals surface area (Å²) in [6, 6.07) is 7.64. The highest BCUT2D eigenvalue weighted by Gasteiger charge is 2.13. The molecule has 0 aliphatic rings. The van der Waals surface area contributed by atoms with Crippen LogP contribution in [0.4, 0.5) is 5.69 Å². The van der Waals surface area contributed by atoms with Crippen molar-refractivity contribution in [3.8, 4) is 22.8 Å². The maximum absolute atomic E-state index is 10.9. The molecule has 6 nitrogen and oxygen atoms in total. The van der Waals surface area contributed by atoms with E-state index in [1.54, 1.807) is 18.2 Å². The smallest absolute Gasteiger partial charge is 0.274 e. The maximum Gasteiger partial charge on any atom is 0.274 e. The van der Waals surface area contributed by atoms with Gasteiger partial charge in [0.15, 0.2) is 0 Å². The van der Waals surface area contributed by atoms with Gasteiger partial charge in [-0.15, -0.1) is 0 Å². The largest absolute Gasteiger partial charge is 0.497 e. The molecule has 104 valence electrons. The number of benzene rings is 1. The van der Waals surface area contributed by atoms with Crippen LogP contribution in [0, 0.1) is 10.1 Å². The predicted molar refractivity (Wildman–Crippen MR) is 74.4 cm³/mol. The summed E-state index contributed by atoms with van der Waals surface area (Å²) in [4.78, 5) is 14.4. The number of hydrogen-bond acceptors (Lipinski definition) is 5. The Bertz CT molecular complexity index is 639. The molecule has 0 saturated carbocycles. The number of methoxy groups -OCH3 is 2. The van der Waals surface area contributed by atoms with E-state index in [1.807, 2.05) is 0 Å². The third-order valence-electron chi connectivity index (χ3n) is 2.64. The van der Waals surface area contributed by atoms with Crippen LogP contribution in [0.2, 0.25) is 5.15 Å². The molecule has 0 amide bonds. The van der Waals surface area contributed by atoms with Crippen LogP contribution < -0.4 is 9.47 Å². The quantitative estimate of drug-likeness (QED) is 0.491. The fourth-order valence-corrected chi connectivity index (χ4v) is 1.89. The van der Waals surface area contributed by atoms with E-state index in [0.29, 0.717) is 22.8 Å². The third-order valence-corrected chi connectivity index (χ3v) is 2.83. The highest BCUT2D eigenvalue weighted by molar-refractivity contribution is 6.29. The van der Waals surface area contributed by atoms with Gasteiger partial charge in [0, 0.05) is 17.7 Å². The first kappa shape index (κ1) is 14.1. The zero-order chi connectivity index (χ0) is 14.7. The molecule has 2 aromatic rings. The topological polar surface area (TPSA) is 74.5 Å². The molecule has 0 unspecified atom stereocenters. The van der Waals surface area contributed by atoms with Crippen molar-refractivity contribution in [3.05, 3.63) is 45.6 Å². The number of ether oxygens (including phenoxy) is 2. The molecule has 0 fully saturated rings. The highest BCUT2D eigenvalue weighted by atomic mass is 35.5. The number of nitro groups is 1. The molecule has 0 bridgehead atoms. The van der Waals surface area contributed by atoms with E-state index < -0.39 is 4.92 Å². The Morgan fingerprint density at radius 2 is 1.70 bits per heavy atom. The normalized spacial score (nSPS) is 10.2. The summed E-state index contributed by atoms with van der Waals surface area (Å²) in [5.41, 5.74) is 0.870. The summed E-state index contributed by atoms with van der Waals surface area (Å²) >= 11 is 5.81. The average Bonchev–Trinajstić information content (AvgIpc) is 2.45. The first-order valence-electron chi connectivity index (χ1n) is 5.59. The lowest BCUT2D eigenvalue weighted by Crippen LogP contribution is -1.93. The predicted octanol–water partition coefficient (Wildman–Crippen LogP) is 3.33. The van der Waals surface area contributed by atoms with Gasteiger partial charge in [-0.2, -0.15) is 0 Å². The zero-order valence-electron chi connectivity index (χ0n) is 10.8. The van der Waals surface area contributed by atoms with Gasteiger partial charge in [0.25, 0.3) is 5.69 Å². The molecule has 0 spiro atoms. The van der Waals surface area contributed by atoms with Gasteiger partial charge in [-0.3, -0.25) is 10.1 Å². The molecule has 0 saturated heterocycles. The van der Waals surface area contributed by atoms with Crippen LogP contribution in [-0.2, 0) is 0 Å². The molecule has 2 rings (SSSR count). The Balaban J connectivity index is 2.58. The van der Waals surface area contributed by atoms with Crippen molar-refractivity contribution in [2.75, 3.05) is 14.2 Å². The number of nitrogens with zero attached hydrogens (tertiary/aromatic N) is 2. The minimum absolute atomic E-state index is 0.0518. The highest BCUT2D eigenvalue weighted by Crippen LogP contribution is 2.31. The number of hydrogen-bond donors (Lipinski definition) is 0. The molecule has 0 aliphatic heterocycles. The van der Waals surface area contributed by atoms with Gasteiger partial charge in [0.05, 0.1) is 30.9 Å². The fourth-order valence-electron chi connectivity index (χ4n) is 1.69. The minimum Gasteiger partial charge on any atom is -0.497 e. The summed E-state index contributed by atoms with van der Waals surface area (Å²) < 4.78 is 10.3. The Kier molecular flexibility index (Phi) is 4.05. The van der Waals surface area contributed by atoms with Crippen LogP contribution in [0.3, 0.4) is 0 Å². The molecular weight excluding hydrogens is 284 g/mol. The zero-order valence-corrected chi connectivity index (χ0v) is 11.5. The van der Waals surface area contributed by atoms with Gasteiger partial charge in [-0.1, -0.05) is 11.6 Å². The molecule has 0 N–H and O–H groups in total. The Hall–Kier alpha value is -2.34. The van der Waals surface area contributed by atoms with Crippen molar-refractivity contribution in [2.24, 2.45) is 0 Å². The molecule has 7 heteroatoms. The standard InChI is InChI=1S/C13H11ClN2O4/c1-19-10-3-8(4-11(7-10)20-2)12-5-9(16(17)18)6-13(14)15-12/h3-7H,1-2H3. The SMILES string of the molecule is COc1cc(OC)cc(-c2cc([N+](=O)[O-])cc(Cl)n2)c1. The van der Waals surface area contributed by atoms with Crippen molar-refractivity contribution in [1.29, 1.82) is 0 Å². The van der Waals surface area contributed by atoms with E-state index in [0.717, 1.165) is 0 Å². The van der Waals surface area contributed by atoms with Crippen LogP contribution in [0.5, 0.6) is 11.5 Å². The van der Waals surface area contributed by atoms with Crippen LogP contribution in [-0.4, -0.2) is 24.1 Å². The Morgan fingerprint density at radius 1 is 1.10 bits per heavy atom. The van der Waals surface area contributed by atoms with Crippen LogP contribution >= 0.6 is 11.6 Å². The van der Waals surface area contributed by atoms with E-state index in [2.05, 4.69) is 4.98 Å². The van der Waals surface area contributed by atoms with Crippen molar-refractivity contribution < 1.29 is 14.4 Å². The second kappa shape index (κ2) is 5.75. The van der Waals surface area contributed by atoms with Gasteiger partial charge >= 0.3 is 0 Å². The molecule has 1 heterocycles. The van der Waals surface area contributed by atoms with Gasteiger partial charge in [-0.05, 0) is 12.1 Å². The van der Waals surface area contributed by atoms with Crippen LogP contribution in [0.15, 0.2) is 30.3 Å². The van der Waals surface area contributed by atoms with Gasteiger partial charge < -0.3 is 9.47 Å². The summed E-state index contributed by atoms with van der Waals surface area (Å²) in [6.45, 7) is 0. The molecule has 20 heavy (non-hydrogen) atoms. The molecule has 0 aliphatic carbocycles. The van der Waals surface area contributed by atoms with E-state index in [-0.39, 0.29) is 10.8 Å². The molecule has 1 aromatic heterocycles. The summed E-state index contributed by atoms with van der Waals surface area (Å²) in [5, 5.41) is 10.9. The van der Waals surface area contributed by atoms with Gasteiger partial charge in [0.1, 0.15) is 16.7 Å². The van der Waals surface area contributed by atoms with Gasteiger partial charge in [0.2, 0.25) is 0 Å². The summed E-state index contributed by atoms with van der Waals surface area (Å²) in [5.74, 6) is 1.12. The number of aromatic nitrogens is 1. The third kappa shape index (κ3) is 2.97. The molecular formula is C13H11ClN2O4. The van der Waals surface area contributed by atoms with E-state index >= 15 is 0 Å². The Morgan fingerprint density at radius 3 is 2.20 bits per heavy atom. The van der Waals surface area contributed by atoms with E-state index in [9.17, 15) is 10.1 Å². The monoisotopic (exact) mass is 294 g/mol. The Labute approximate surface area is 120 Å². The minimum atomic E-state index is -0.519. The average molecular weight is 295 g/mol. The second-order valence-corrected chi connectivity index (χ2v) is 4.28. The summed E-state index contributed by atoms with van der Waals surface area (Å²) in [7, 11) is 3.04. The van der Waals surface area contributed by atoms with E-state index in [4.69, 9.17) is 21.1 Å². The second-order valence-electron chi connectivity index (χ2n) is 3.89. The van der Waals surface area contributed by atoms with Crippen molar-refractivity contribution in [3.63, 3.8) is 0 Å². The lowest BCUT2D eigenvalue weighted by molar-refractivity contribution is -0.384. The number of pyridine rings is 1. The van der Waals surface area contributed by atoms with Crippen molar-refractivity contribution >= 4 is 17.3 Å². The first-order valence-corrected chi connectivity index (χ1v) is 5.96. The number of rotatable bonds is 4. The van der Waals surface area contributed by atoms with Crippen molar-refractivity contribution in [1.82, 2.24) is 4.98 Å². The molecule has 0 atom stereocenters. The lowest BCUT2D eigenvalue weighted by Gasteiger charge is -2.08. The van der Waals surface area contributed by atoms with Crippen LogP contribution in [0.25, 0.3) is 11.3 Å². The first-order chi connectivity index (χ1) is 9.53. The molecule has 0 radical (unpaired) electrons. The van der Waals surface area contributed by atoms with Gasteiger partial charge in [-0.25, -0.2) is 4.98 Å². The molecule has 1 aromatic carbocycles. The van der Waals surface area contributed by atoms with Crippen LogP contribution in [0.1, 0.15) is 0 Å². The van der Waals surface area contributed by atoms with E-state index in [1.165, 1.54) is 26.4 Å². The fraction of sp³-hybridized carbons (Fsp3) is 0.154. The summed E-state index contributed by atoms with van der Waals surface area (Å²) in [6.07, 6.45) is 0.